The maximum Gasteiger partial charge on any atom is 0.332 e. The first-order valence-corrected chi connectivity index (χ1v) is 6.56. The van der Waals surface area contributed by atoms with Gasteiger partial charge in [-0.05, 0) is 19.3 Å². The summed E-state index contributed by atoms with van der Waals surface area (Å²) in [6.07, 6.45) is 4.89. The maximum absolute atomic E-state index is 11.1. The Morgan fingerprint density at radius 1 is 1.42 bits per heavy atom. The Morgan fingerprint density at radius 2 is 2.16 bits per heavy atom. The molecular weight excluding hydrogens is 246 g/mol. The molecule has 1 aromatic rings. The summed E-state index contributed by atoms with van der Waals surface area (Å²) < 4.78 is 0. The van der Waals surface area contributed by atoms with Crippen molar-refractivity contribution in [2.45, 2.75) is 32.6 Å². The lowest BCUT2D eigenvalue weighted by molar-refractivity contribution is -0.385. The number of rotatable bonds is 6. The van der Waals surface area contributed by atoms with Crippen molar-refractivity contribution in [1.82, 2.24) is 9.97 Å². The minimum Gasteiger partial charge on any atom is -0.364 e. The van der Waals surface area contributed by atoms with Crippen molar-refractivity contribution in [2.24, 2.45) is 5.92 Å². The van der Waals surface area contributed by atoms with E-state index in [1.54, 1.807) is 14.0 Å². The van der Waals surface area contributed by atoms with E-state index in [1.807, 2.05) is 0 Å². The summed E-state index contributed by atoms with van der Waals surface area (Å²) in [5, 5.41) is 17.0. The van der Waals surface area contributed by atoms with Gasteiger partial charge in [-0.25, -0.2) is 4.98 Å². The Morgan fingerprint density at radius 3 is 2.68 bits per heavy atom. The standard InChI is InChI=1S/C12H19N5O2/c1-8-10(17(18)19)11(16-12(13-2)15-8)14-7-6-9-4-3-5-9/h9H,3-7H2,1-2H3,(H2,13,14,15,16). The SMILES string of the molecule is CNc1nc(C)c([N+](=O)[O-])c(NCCC2CCC2)n1. The van der Waals surface area contributed by atoms with Crippen LogP contribution < -0.4 is 10.6 Å². The van der Waals surface area contributed by atoms with Crippen LogP contribution in [0.3, 0.4) is 0 Å². The molecule has 0 aliphatic heterocycles. The molecule has 1 aromatic heterocycles. The number of nitro groups is 1. The number of anilines is 2. The fourth-order valence-corrected chi connectivity index (χ4v) is 2.20. The molecule has 7 nitrogen and oxygen atoms in total. The van der Waals surface area contributed by atoms with E-state index in [0.717, 1.165) is 12.3 Å². The van der Waals surface area contributed by atoms with E-state index < -0.39 is 4.92 Å². The molecule has 0 radical (unpaired) electrons. The Kier molecular flexibility index (Phi) is 4.13. The average Bonchev–Trinajstić information content (AvgIpc) is 2.31. The Labute approximate surface area is 112 Å². The topological polar surface area (TPSA) is 93.0 Å². The third-order valence-electron chi connectivity index (χ3n) is 3.53. The molecule has 1 aliphatic rings. The summed E-state index contributed by atoms with van der Waals surface area (Å²) in [7, 11) is 1.69. The minimum absolute atomic E-state index is 0.0346. The van der Waals surface area contributed by atoms with Gasteiger partial charge in [0.1, 0.15) is 5.69 Å². The normalized spacial score (nSPS) is 14.8. The molecule has 2 N–H and O–H groups in total. The van der Waals surface area contributed by atoms with Crippen molar-refractivity contribution in [3.8, 4) is 0 Å². The second-order valence-electron chi connectivity index (χ2n) is 4.85. The summed E-state index contributed by atoms with van der Waals surface area (Å²) in [6, 6.07) is 0. The van der Waals surface area contributed by atoms with Crippen LogP contribution in [0, 0.1) is 23.0 Å². The molecule has 0 bridgehead atoms. The number of aromatic nitrogens is 2. The summed E-state index contributed by atoms with van der Waals surface area (Å²) in [5.41, 5.74) is 0.336. The van der Waals surface area contributed by atoms with E-state index in [9.17, 15) is 10.1 Å². The molecule has 0 saturated heterocycles. The first-order valence-electron chi connectivity index (χ1n) is 6.56. The van der Waals surface area contributed by atoms with Crippen LogP contribution in [0.1, 0.15) is 31.4 Å². The fourth-order valence-electron chi connectivity index (χ4n) is 2.20. The molecule has 0 unspecified atom stereocenters. The summed E-state index contributed by atoms with van der Waals surface area (Å²) in [5.74, 6) is 1.47. The van der Waals surface area contributed by atoms with Crippen molar-refractivity contribution in [1.29, 1.82) is 0 Å². The van der Waals surface area contributed by atoms with Crippen LogP contribution in [0.15, 0.2) is 0 Å². The van der Waals surface area contributed by atoms with Gasteiger partial charge in [0.2, 0.25) is 11.8 Å². The van der Waals surface area contributed by atoms with Gasteiger partial charge >= 0.3 is 5.69 Å². The molecule has 0 amide bonds. The van der Waals surface area contributed by atoms with Crippen LogP contribution in [-0.4, -0.2) is 28.5 Å². The first-order chi connectivity index (χ1) is 9.11. The smallest absolute Gasteiger partial charge is 0.332 e. The van der Waals surface area contributed by atoms with E-state index >= 15 is 0 Å². The summed E-state index contributed by atoms with van der Waals surface area (Å²) >= 11 is 0. The number of hydrogen-bond donors (Lipinski definition) is 2. The van der Waals surface area contributed by atoms with E-state index in [1.165, 1.54) is 19.3 Å². The zero-order valence-corrected chi connectivity index (χ0v) is 11.3. The van der Waals surface area contributed by atoms with E-state index in [2.05, 4.69) is 20.6 Å². The second-order valence-corrected chi connectivity index (χ2v) is 4.85. The molecular formula is C12H19N5O2. The van der Waals surface area contributed by atoms with Crippen molar-refractivity contribution in [3.63, 3.8) is 0 Å². The number of nitrogens with zero attached hydrogens (tertiary/aromatic N) is 3. The predicted molar refractivity (Wildman–Crippen MR) is 73.4 cm³/mol. The molecule has 0 atom stereocenters. The molecule has 0 spiro atoms. The Balaban J connectivity index is 2.10. The van der Waals surface area contributed by atoms with Gasteiger partial charge in [0.25, 0.3) is 0 Å². The third kappa shape index (κ3) is 3.10. The van der Waals surface area contributed by atoms with Gasteiger partial charge in [-0.2, -0.15) is 4.98 Å². The molecule has 0 aromatic carbocycles. The van der Waals surface area contributed by atoms with Crippen LogP contribution in [0.25, 0.3) is 0 Å². The van der Waals surface area contributed by atoms with Crippen molar-refractivity contribution in [2.75, 3.05) is 24.2 Å². The summed E-state index contributed by atoms with van der Waals surface area (Å²) in [4.78, 5) is 18.8. The van der Waals surface area contributed by atoms with E-state index in [-0.39, 0.29) is 5.69 Å². The van der Waals surface area contributed by atoms with Gasteiger partial charge in [0, 0.05) is 13.6 Å². The average molecular weight is 265 g/mol. The predicted octanol–water partition coefficient (Wildman–Crippen LogP) is 2.34. The van der Waals surface area contributed by atoms with Crippen LogP contribution >= 0.6 is 0 Å². The third-order valence-corrected chi connectivity index (χ3v) is 3.53. The van der Waals surface area contributed by atoms with Gasteiger partial charge < -0.3 is 10.6 Å². The van der Waals surface area contributed by atoms with Crippen molar-refractivity contribution < 1.29 is 4.92 Å². The first kappa shape index (κ1) is 13.5. The number of hydrogen-bond acceptors (Lipinski definition) is 6. The molecule has 1 heterocycles. The van der Waals surface area contributed by atoms with Gasteiger partial charge in [0.15, 0.2) is 0 Å². The largest absolute Gasteiger partial charge is 0.364 e. The highest BCUT2D eigenvalue weighted by Crippen LogP contribution is 2.30. The van der Waals surface area contributed by atoms with E-state index in [0.29, 0.717) is 24.0 Å². The summed E-state index contributed by atoms with van der Waals surface area (Å²) in [6.45, 7) is 2.34. The van der Waals surface area contributed by atoms with Crippen molar-refractivity contribution >= 4 is 17.5 Å². The highest BCUT2D eigenvalue weighted by molar-refractivity contribution is 5.60. The lowest BCUT2D eigenvalue weighted by Gasteiger charge is -2.25. The van der Waals surface area contributed by atoms with Gasteiger partial charge in [-0.1, -0.05) is 19.3 Å². The van der Waals surface area contributed by atoms with Gasteiger partial charge in [-0.15, -0.1) is 0 Å². The molecule has 1 aliphatic carbocycles. The van der Waals surface area contributed by atoms with Crippen molar-refractivity contribution in [3.05, 3.63) is 15.8 Å². The fraction of sp³-hybridized carbons (Fsp3) is 0.667. The lowest BCUT2D eigenvalue weighted by Crippen LogP contribution is -2.17. The molecule has 2 rings (SSSR count). The molecule has 7 heteroatoms. The number of aryl methyl sites for hydroxylation is 1. The van der Waals surface area contributed by atoms with Crippen LogP contribution in [0.5, 0.6) is 0 Å². The zero-order valence-electron chi connectivity index (χ0n) is 11.3. The second kappa shape index (κ2) is 5.81. The number of nitrogens with one attached hydrogen (secondary N) is 2. The molecule has 1 saturated carbocycles. The van der Waals surface area contributed by atoms with Crippen LogP contribution in [-0.2, 0) is 0 Å². The lowest BCUT2D eigenvalue weighted by atomic mass is 9.83. The van der Waals surface area contributed by atoms with Gasteiger partial charge in [-0.3, -0.25) is 10.1 Å². The Bertz CT molecular complexity index is 473. The zero-order chi connectivity index (χ0) is 13.8. The molecule has 104 valence electrons. The highest BCUT2D eigenvalue weighted by atomic mass is 16.6. The molecule has 19 heavy (non-hydrogen) atoms. The Hall–Kier alpha value is -1.92. The maximum atomic E-state index is 11.1. The van der Waals surface area contributed by atoms with Crippen LogP contribution in [0.4, 0.5) is 17.5 Å². The highest BCUT2D eigenvalue weighted by Gasteiger charge is 2.22. The minimum atomic E-state index is -0.430. The van der Waals surface area contributed by atoms with Crippen LogP contribution in [0.2, 0.25) is 0 Å². The quantitative estimate of drug-likeness (QED) is 0.605. The molecule has 1 fully saturated rings. The van der Waals surface area contributed by atoms with Gasteiger partial charge in [0.05, 0.1) is 4.92 Å². The van der Waals surface area contributed by atoms with E-state index in [4.69, 9.17) is 0 Å². The monoisotopic (exact) mass is 265 g/mol.